The van der Waals surface area contributed by atoms with Gasteiger partial charge in [0.25, 0.3) is 0 Å². The minimum atomic E-state index is 0.682. The van der Waals surface area contributed by atoms with E-state index in [1.807, 2.05) is 0 Å². The highest BCUT2D eigenvalue weighted by molar-refractivity contribution is 5.14. The standard InChI is InChI=1S/C17H28N2/c1-3-8-16-14-19(17(9-4-2)12-18-16)13-15-10-6-5-7-11-15/h5-7,10-11,16-18H,3-4,8-9,12-14H2,1-2H3. The van der Waals surface area contributed by atoms with Gasteiger partial charge in [-0.2, -0.15) is 0 Å². The fourth-order valence-electron chi connectivity index (χ4n) is 3.10. The number of benzene rings is 1. The third-order valence-electron chi connectivity index (χ3n) is 4.10. The lowest BCUT2D eigenvalue weighted by atomic mass is 10.0. The van der Waals surface area contributed by atoms with E-state index in [4.69, 9.17) is 0 Å². The van der Waals surface area contributed by atoms with Crippen LogP contribution in [0.2, 0.25) is 0 Å². The summed E-state index contributed by atoms with van der Waals surface area (Å²) in [7, 11) is 0. The van der Waals surface area contributed by atoms with Crippen molar-refractivity contribution >= 4 is 0 Å². The molecule has 2 rings (SSSR count). The monoisotopic (exact) mass is 260 g/mol. The van der Waals surface area contributed by atoms with Crippen LogP contribution in [0.25, 0.3) is 0 Å². The zero-order chi connectivity index (χ0) is 13.5. The Hall–Kier alpha value is -0.860. The van der Waals surface area contributed by atoms with Crippen LogP contribution < -0.4 is 5.32 Å². The molecule has 0 amide bonds. The molecule has 0 aromatic heterocycles. The zero-order valence-corrected chi connectivity index (χ0v) is 12.4. The largest absolute Gasteiger partial charge is 0.311 e. The van der Waals surface area contributed by atoms with Gasteiger partial charge in [0.15, 0.2) is 0 Å². The van der Waals surface area contributed by atoms with Crippen molar-refractivity contribution in [1.82, 2.24) is 10.2 Å². The molecule has 1 fully saturated rings. The van der Waals surface area contributed by atoms with E-state index in [1.165, 1.54) is 37.8 Å². The molecule has 2 nitrogen and oxygen atoms in total. The highest BCUT2D eigenvalue weighted by Gasteiger charge is 2.26. The Morgan fingerprint density at radius 1 is 1.11 bits per heavy atom. The van der Waals surface area contributed by atoms with Crippen LogP contribution in [0, 0.1) is 0 Å². The van der Waals surface area contributed by atoms with Crippen LogP contribution in [0.4, 0.5) is 0 Å². The highest BCUT2D eigenvalue weighted by atomic mass is 15.2. The van der Waals surface area contributed by atoms with Crippen LogP contribution in [0.15, 0.2) is 30.3 Å². The molecular weight excluding hydrogens is 232 g/mol. The quantitative estimate of drug-likeness (QED) is 0.843. The van der Waals surface area contributed by atoms with E-state index in [0.29, 0.717) is 12.1 Å². The van der Waals surface area contributed by atoms with Crippen LogP contribution in [-0.2, 0) is 6.54 Å². The molecule has 1 aromatic carbocycles. The first kappa shape index (κ1) is 14.5. The van der Waals surface area contributed by atoms with Crippen molar-refractivity contribution in [3.8, 4) is 0 Å². The molecule has 1 aliphatic rings. The molecule has 1 N–H and O–H groups in total. The van der Waals surface area contributed by atoms with Gasteiger partial charge in [0.2, 0.25) is 0 Å². The van der Waals surface area contributed by atoms with Gasteiger partial charge in [-0.25, -0.2) is 0 Å². The van der Waals surface area contributed by atoms with Crippen molar-refractivity contribution in [3.05, 3.63) is 35.9 Å². The average molecular weight is 260 g/mol. The summed E-state index contributed by atoms with van der Waals surface area (Å²) in [6, 6.07) is 12.3. The summed E-state index contributed by atoms with van der Waals surface area (Å²) in [5.74, 6) is 0. The van der Waals surface area contributed by atoms with E-state index in [1.54, 1.807) is 0 Å². The summed E-state index contributed by atoms with van der Waals surface area (Å²) in [5.41, 5.74) is 1.45. The molecule has 1 aliphatic heterocycles. The van der Waals surface area contributed by atoms with Gasteiger partial charge in [-0.1, -0.05) is 57.0 Å². The molecule has 106 valence electrons. The summed E-state index contributed by atoms with van der Waals surface area (Å²) < 4.78 is 0. The van der Waals surface area contributed by atoms with Crippen LogP contribution in [-0.4, -0.2) is 30.1 Å². The zero-order valence-electron chi connectivity index (χ0n) is 12.4. The topological polar surface area (TPSA) is 15.3 Å². The van der Waals surface area contributed by atoms with E-state index >= 15 is 0 Å². The summed E-state index contributed by atoms with van der Waals surface area (Å²) in [6.45, 7) is 8.03. The van der Waals surface area contributed by atoms with E-state index < -0.39 is 0 Å². The maximum absolute atomic E-state index is 3.73. The van der Waals surface area contributed by atoms with Gasteiger partial charge in [0.05, 0.1) is 0 Å². The van der Waals surface area contributed by atoms with Crippen molar-refractivity contribution in [2.75, 3.05) is 13.1 Å². The van der Waals surface area contributed by atoms with E-state index in [0.717, 1.165) is 13.1 Å². The second kappa shape index (κ2) is 7.66. The third kappa shape index (κ3) is 4.32. The average Bonchev–Trinajstić information content (AvgIpc) is 2.43. The fourth-order valence-corrected chi connectivity index (χ4v) is 3.10. The normalized spacial score (nSPS) is 24.5. The first-order chi connectivity index (χ1) is 9.33. The van der Waals surface area contributed by atoms with Gasteiger partial charge < -0.3 is 5.32 Å². The molecule has 0 saturated carbocycles. The van der Waals surface area contributed by atoms with Crippen LogP contribution >= 0.6 is 0 Å². The Morgan fingerprint density at radius 2 is 1.84 bits per heavy atom. The molecule has 1 saturated heterocycles. The lowest BCUT2D eigenvalue weighted by Crippen LogP contribution is -2.55. The van der Waals surface area contributed by atoms with Crippen LogP contribution in [0.3, 0.4) is 0 Å². The fraction of sp³-hybridized carbons (Fsp3) is 0.647. The predicted octanol–water partition coefficient (Wildman–Crippen LogP) is 3.43. The number of rotatable bonds is 6. The maximum Gasteiger partial charge on any atom is 0.0237 e. The van der Waals surface area contributed by atoms with Crippen molar-refractivity contribution in [2.24, 2.45) is 0 Å². The Kier molecular flexibility index (Phi) is 5.87. The van der Waals surface area contributed by atoms with Gasteiger partial charge >= 0.3 is 0 Å². The molecule has 0 aliphatic carbocycles. The first-order valence-electron chi connectivity index (χ1n) is 7.84. The lowest BCUT2D eigenvalue weighted by molar-refractivity contribution is 0.112. The first-order valence-corrected chi connectivity index (χ1v) is 7.84. The van der Waals surface area contributed by atoms with Crippen molar-refractivity contribution < 1.29 is 0 Å². The SMILES string of the molecule is CCCC1CN(Cc2ccccc2)C(CCC)CN1. The molecule has 1 aromatic rings. The van der Waals surface area contributed by atoms with E-state index in [-0.39, 0.29) is 0 Å². The van der Waals surface area contributed by atoms with E-state index in [2.05, 4.69) is 54.4 Å². The Balaban J connectivity index is 1.98. The molecule has 1 heterocycles. The van der Waals surface area contributed by atoms with Gasteiger partial charge in [-0.15, -0.1) is 0 Å². The number of hydrogen-bond acceptors (Lipinski definition) is 2. The molecule has 2 heteroatoms. The van der Waals surface area contributed by atoms with Gasteiger partial charge in [0.1, 0.15) is 0 Å². The summed E-state index contributed by atoms with van der Waals surface area (Å²) in [5, 5.41) is 3.73. The summed E-state index contributed by atoms with van der Waals surface area (Å²) in [4.78, 5) is 2.69. The van der Waals surface area contributed by atoms with Crippen molar-refractivity contribution in [1.29, 1.82) is 0 Å². The van der Waals surface area contributed by atoms with Gasteiger partial charge in [0, 0.05) is 31.7 Å². The lowest BCUT2D eigenvalue weighted by Gasteiger charge is -2.40. The van der Waals surface area contributed by atoms with Gasteiger partial charge in [-0.3, -0.25) is 4.90 Å². The van der Waals surface area contributed by atoms with Gasteiger partial charge in [-0.05, 0) is 18.4 Å². The van der Waals surface area contributed by atoms with Crippen molar-refractivity contribution in [3.63, 3.8) is 0 Å². The number of piperazine rings is 1. The summed E-state index contributed by atoms with van der Waals surface area (Å²) >= 11 is 0. The number of hydrogen-bond donors (Lipinski definition) is 1. The number of nitrogens with zero attached hydrogens (tertiary/aromatic N) is 1. The van der Waals surface area contributed by atoms with Crippen LogP contribution in [0.1, 0.15) is 45.1 Å². The number of nitrogens with one attached hydrogen (secondary N) is 1. The second-order valence-corrected chi connectivity index (χ2v) is 5.75. The minimum Gasteiger partial charge on any atom is -0.311 e. The minimum absolute atomic E-state index is 0.682. The predicted molar refractivity (Wildman–Crippen MR) is 82.2 cm³/mol. The molecule has 2 unspecified atom stereocenters. The Bertz CT molecular complexity index is 350. The third-order valence-corrected chi connectivity index (χ3v) is 4.10. The molecule has 0 radical (unpaired) electrons. The summed E-state index contributed by atoms with van der Waals surface area (Å²) in [6.07, 6.45) is 5.15. The Labute approximate surface area is 118 Å². The second-order valence-electron chi connectivity index (χ2n) is 5.75. The molecule has 19 heavy (non-hydrogen) atoms. The highest BCUT2D eigenvalue weighted by Crippen LogP contribution is 2.17. The van der Waals surface area contributed by atoms with Crippen LogP contribution in [0.5, 0.6) is 0 Å². The molecule has 0 spiro atoms. The maximum atomic E-state index is 3.73. The smallest absolute Gasteiger partial charge is 0.0237 e. The Morgan fingerprint density at radius 3 is 2.53 bits per heavy atom. The molecule has 2 atom stereocenters. The van der Waals surface area contributed by atoms with E-state index in [9.17, 15) is 0 Å². The molecule has 0 bridgehead atoms. The molecular formula is C17H28N2. The van der Waals surface area contributed by atoms with Crippen molar-refractivity contribution in [2.45, 2.75) is 58.2 Å².